The lowest BCUT2D eigenvalue weighted by Gasteiger charge is -2.40. The maximum Gasteiger partial charge on any atom is 0.0284 e. The largest absolute Gasteiger partial charge is 0.325 e. The molecule has 0 aromatic heterocycles. The third kappa shape index (κ3) is 28.5. The maximum absolute atomic E-state index is 6.35. The zero-order valence-electron chi connectivity index (χ0n) is 26.1. The summed E-state index contributed by atoms with van der Waals surface area (Å²) in [4.78, 5) is 2.58. The van der Waals surface area contributed by atoms with E-state index >= 15 is 0 Å². The van der Waals surface area contributed by atoms with Crippen molar-refractivity contribution >= 4 is 10.0 Å². The molecule has 2 N–H and O–H groups in total. The molecule has 0 amide bonds. The van der Waals surface area contributed by atoms with E-state index in [-0.39, 0.29) is 5.54 Å². The molecule has 0 heterocycles. The molecule has 212 valence electrons. The molecule has 34 heavy (non-hydrogen) atoms. The van der Waals surface area contributed by atoms with E-state index in [1.807, 2.05) is 13.8 Å². The minimum atomic E-state index is -0.525. The SMILES string of the molecule is CC.CCCCCCCCCC.CCCCCCCCN(C)CS(C)(CC)CCC(C)(N)CC. The molecule has 0 radical (unpaired) electrons. The van der Waals surface area contributed by atoms with Crippen LogP contribution in [0.5, 0.6) is 0 Å². The van der Waals surface area contributed by atoms with Crippen LogP contribution in [0.4, 0.5) is 0 Å². The first kappa shape index (κ1) is 38.8. The quantitative estimate of drug-likeness (QED) is 0.157. The minimum absolute atomic E-state index is 0.0290. The normalized spacial score (nSPS) is 15.4. The first-order chi connectivity index (χ1) is 16.2. The first-order valence-corrected chi connectivity index (χ1v) is 17.9. The fourth-order valence-corrected chi connectivity index (χ4v) is 6.67. The van der Waals surface area contributed by atoms with Crippen LogP contribution in [0.3, 0.4) is 0 Å². The van der Waals surface area contributed by atoms with Gasteiger partial charge in [0.05, 0.1) is 0 Å². The summed E-state index contributed by atoms with van der Waals surface area (Å²) in [5.74, 6) is 3.94. The van der Waals surface area contributed by atoms with Gasteiger partial charge in [0.2, 0.25) is 0 Å². The molecule has 2 nitrogen and oxygen atoms in total. The highest BCUT2D eigenvalue weighted by Crippen LogP contribution is 2.45. The Labute approximate surface area is 221 Å². The van der Waals surface area contributed by atoms with E-state index in [0.29, 0.717) is 0 Å². The topological polar surface area (TPSA) is 29.3 Å². The third-order valence-corrected chi connectivity index (χ3v) is 10.7. The summed E-state index contributed by atoms with van der Waals surface area (Å²) in [6.07, 6.45) is 24.6. The Morgan fingerprint density at radius 3 is 1.41 bits per heavy atom. The van der Waals surface area contributed by atoms with Gasteiger partial charge >= 0.3 is 0 Å². The molecule has 0 aliphatic heterocycles. The Balaban J connectivity index is -0.000000668. The summed E-state index contributed by atoms with van der Waals surface area (Å²) in [6.45, 7) is 18.9. The number of hydrogen-bond acceptors (Lipinski definition) is 2. The van der Waals surface area contributed by atoms with Gasteiger partial charge in [-0.15, -0.1) is 0 Å². The van der Waals surface area contributed by atoms with Gasteiger partial charge in [-0.3, -0.25) is 4.90 Å². The van der Waals surface area contributed by atoms with Crippen molar-refractivity contribution in [2.24, 2.45) is 5.73 Å². The van der Waals surface area contributed by atoms with E-state index in [4.69, 9.17) is 5.73 Å². The molecule has 0 aliphatic carbocycles. The second-order valence-corrected chi connectivity index (χ2v) is 15.0. The van der Waals surface area contributed by atoms with Gasteiger partial charge in [-0.25, -0.2) is 10.0 Å². The van der Waals surface area contributed by atoms with Crippen molar-refractivity contribution in [1.29, 1.82) is 0 Å². The van der Waals surface area contributed by atoms with Crippen LogP contribution >= 0.6 is 10.0 Å². The summed E-state index contributed by atoms with van der Waals surface area (Å²) in [6, 6.07) is 0. The van der Waals surface area contributed by atoms with Crippen molar-refractivity contribution in [2.75, 3.05) is 37.2 Å². The molecule has 0 aliphatic rings. The van der Waals surface area contributed by atoms with Crippen LogP contribution in [0.25, 0.3) is 0 Å². The molecule has 0 saturated heterocycles. The number of nitrogens with zero attached hydrogens (tertiary/aromatic N) is 1. The monoisotopic (exact) mass is 505 g/mol. The van der Waals surface area contributed by atoms with Crippen LogP contribution in [0.15, 0.2) is 0 Å². The van der Waals surface area contributed by atoms with Gasteiger partial charge in [-0.05, 0) is 57.5 Å². The fourth-order valence-electron chi connectivity index (χ4n) is 3.92. The smallest absolute Gasteiger partial charge is 0.0284 e. The molecule has 3 heteroatoms. The van der Waals surface area contributed by atoms with Crippen LogP contribution in [-0.4, -0.2) is 47.7 Å². The van der Waals surface area contributed by atoms with Gasteiger partial charge in [0.25, 0.3) is 0 Å². The van der Waals surface area contributed by atoms with E-state index in [1.54, 1.807) is 0 Å². The summed E-state index contributed by atoms with van der Waals surface area (Å²) in [5, 5.41) is 0. The Kier molecular flexibility index (Phi) is 31.8. The molecule has 0 bridgehead atoms. The van der Waals surface area contributed by atoms with E-state index in [9.17, 15) is 0 Å². The maximum atomic E-state index is 6.35. The molecule has 0 rings (SSSR count). The predicted octanol–water partition coefficient (Wildman–Crippen LogP) is 10.4. The highest BCUT2D eigenvalue weighted by molar-refractivity contribution is 8.33. The van der Waals surface area contributed by atoms with Gasteiger partial charge in [-0.2, -0.15) is 0 Å². The van der Waals surface area contributed by atoms with Crippen LogP contribution < -0.4 is 5.73 Å². The highest BCUT2D eigenvalue weighted by atomic mass is 32.3. The fraction of sp³-hybridized carbons (Fsp3) is 1.00. The Hall–Kier alpha value is 0.270. The standard InChI is InChI=1S/C19H44N2S.C10H22.C2H6/c1-7-10-11-12-13-14-16-21(5)18-22(6,9-3)17-15-19(4,20)8-2;1-3-5-7-9-10-8-6-4-2;1-2/h7-18,20H2,1-6H3;3-10H2,1-2H3;1-2H3. The summed E-state index contributed by atoms with van der Waals surface area (Å²) < 4.78 is 0. The van der Waals surface area contributed by atoms with Crippen LogP contribution in [0, 0.1) is 0 Å². The van der Waals surface area contributed by atoms with Crippen LogP contribution in [0.1, 0.15) is 158 Å². The molecule has 0 saturated carbocycles. The second kappa shape index (κ2) is 27.9. The molecule has 2 atom stereocenters. The number of rotatable bonds is 21. The predicted molar refractivity (Wildman–Crippen MR) is 167 cm³/mol. The molecule has 2 unspecified atom stereocenters. The van der Waals surface area contributed by atoms with E-state index in [0.717, 1.165) is 6.42 Å². The molecule has 0 spiro atoms. The van der Waals surface area contributed by atoms with Gasteiger partial charge in [-0.1, -0.05) is 132 Å². The third-order valence-electron chi connectivity index (χ3n) is 7.05. The van der Waals surface area contributed by atoms with Gasteiger partial charge in [0.15, 0.2) is 0 Å². The summed E-state index contributed by atoms with van der Waals surface area (Å²) in [5.41, 5.74) is 6.38. The molecule has 0 fully saturated rings. The van der Waals surface area contributed by atoms with E-state index < -0.39 is 10.0 Å². The first-order valence-electron chi connectivity index (χ1n) is 15.4. The minimum Gasteiger partial charge on any atom is -0.325 e. The van der Waals surface area contributed by atoms with Crippen molar-refractivity contribution in [3.05, 3.63) is 0 Å². The zero-order chi connectivity index (χ0) is 26.7. The summed E-state index contributed by atoms with van der Waals surface area (Å²) in [7, 11) is 1.79. The molecule has 0 aromatic rings. The lowest BCUT2D eigenvalue weighted by molar-refractivity contribution is 0.372. The Morgan fingerprint density at radius 1 is 0.676 bits per heavy atom. The lowest BCUT2D eigenvalue weighted by Crippen LogP contribution is -2.38. The number of nitrogens with two attached hydrogens (primary N) is 1. The average Bonchev–Trinajstić information content (AvgIpc) is 2.84. The second-order valence-electron chi connectivity index (χ2n) is 10.8. The average molecular weight is 505 g/mol. The van der Waals surface area contributed by atoms with Crippen LogP contribution in [0.2, 0.25) is 0 Å². The van der Waals surface area contributed by atoms with E-state index in [2.05, 4.69) is 59.7 Å². The van der Waals surface area contributed by atoms with Crippen molar-refractivity contribution in [2.45, 2.75) is 164 Å². The van der Waals surface area contributed by atoms with Crippen molar-refractivity contribution < 1.29 is 0 Å². The van der Waals surface area contributed by atoms with Gasteiger partial charge in [0, 0.05) is 11.4 Å². The molecule has 0 aromatic carbocycles. The Bertz CT molecular complexity index is 364. The van der Waals surface area contributed by atoms with Crippen LogP contribution in [-0.2, 0) is 0 Å². The van der Waals surface area contributed by atoms with Crippen molar-refractivity contribution in [3.8, 4) is 0 Å². The number of unbranched alkanes of at least 4 members (excludes halogenated alkanes) is 12. The van der Waals surface area contributed by atoms with Gasteiger partial charge in [0.1, 0.15) is 0 Å². The van der Waals surface area contributed by atoms with E-state index in [1.165, 1.54) is 120 Å². The zero-order valence-corrected chi connectivity index (χ0v) is 26.9. The molecular weight excluding hydrogens is 432 g/mol. The number of hydrogen-bond donors (Lipinski definition) is 1. The molecular formula is C31H72N2S. The van der Waals surface area contributed by atoms with Gasteiger partial charge < -0.3 is 5.73 Å². The van der Waals surface area contributed by atoms with Crippen molar-refractivity contribution in [1.82, 2.24) is 4.90 Å². The van der Waals surface area contributed by atoms with Crippen molar-refractivity contribution in [3.63, 3.8) is 0 Å². The summed E-state index contributed by atoms with van der Waals surface area (Å²) >= 11 is 0. The Morgan fingerprint density at radius 2 is 1.06 bits per heavy atom. The highest BCUT2D eigenvalue weighted by Gasteiger charge is 2.23. The lowest BCUT2D eigenvalue weighted by atomic mass is 9.97.